The molecule has 3 N–H and O–H groups in total. The molecular weight excluding hydrogens is 220 g/mol. The zero-order valence-corrected chi connectivity index (χ0v) is 9.52. The molecule has 0 spiro atoms. The number of aromatic nitrogens is 2. The van der Waals surface area contributed by atoms with Crippen molar-refractivity contribution in [2.45, 2.75) is 13.8 Å². The van der Waals surface area contributed by atoms with E-state index in [-0.39, 0.29) is 11.9 Å². The van der Waals surface area contributed by atoms with E-state index in [1.807, 2.05) is 13.0 Å². The maximum absolute atomic E-state index is 11.8. The summed E-state index contributed by atoms with van der Waals surface area (Å²) in [6.07, 6.45) is 0. The van der Waals surface area contributed by atoms with Crippen LogP contribution < -0.4 is 11.1 Å². The van der Waals surface area contributed by atoms with Crippen LogP contribution in [0, 0.1) is 13.8 Å². The van der Waals surface area contributed by atoms with Gasteiger partial charge in [-0.25, -0.2) is 0 Å². The number of nitrogens with two attached hydrogens (primary N) is 1. The van der Waals surface area contributed by atoms with Gasteiger partial charge >= 0.3 is 6.01 Å². The summed E-state index contributed by atoms with van der Waals surface area (Å²) in [5.41, 5.74) is 7.54. The Kier molecular flexibility index (Phi) is 2.78. The van der Waals surface area contributed by atoms with E-state index in [0.29, 0.717) is 17.1 Å². The summed E-state index contributed by atoms with van der Waals surface area (Å²) < 4.78 is 4.79. The van der Waals surface area contributed by atoms with Gasteiger partial charge in [0.05, 0.1) is 5.56 Å². The molecule has 0 atom stereocenters. The lowest BCUT2D eigenvalue weighted by molar-refractivity contribution is 0.102. The van der Waals surface area contributed by atoms with Crippen LogP contribution in [0.2, 0.25) is 0 Å². The Labute approximate surface area is 97.8 Å². The standard InChI is InChI=1S/C11H12N4O2/c1-6-3-4-8(9(12)5-6)10(16)14-11-13-7(2)15-17-11/h3-5H,12H2,1-2H3,(H,13,14,15,16). The van der Waals surface area contributed by atoms with E-state index >= 15 is 0 Å². The number of anilines is 2. The summed E-state index contributed by atoms with van der Waals surface area (Å²) >= 11 is 0. The zero-order valence-electron chi connectivity index (χ0n) is 9.52. The summed E-state index contributed by atoms with van der Waals surface area (Å²) in [5.74, 6) is 0.0864. The van der Waals surface area contributed by atoms with Gasteiger partial charge in [-0.15, -0.1) is 0 Å². The van der Waals surface area contributed by atoms with Crippen LogP contribution in [0.1, 0.15) is 21.7 Å². The van der Waals surface area contributed by atoms with E-state index in [1.165, 1.54) is 0 Å². The second-order valence-corrected chi connectivity index (χ2v) is 3.69. The number of hydrogen-bond donors (Lipinski definition) is 2. The molecule has 0 unspecified atom stereocenters. The highest BCUT2D eigenvalue weighted by molar-refractivity contribution is 6.06. The van der Waals surface area contributed by atoms with Crippen molar-refractivity contribution in [2.24, 2.45) is 0 Å². The fourth-order valence-electron chi connectivity index (χ4n) is 1.40. The minimum atomic E-state index is -0.369. The van der Waals surface area contributed by atoms with Crippen LogP contribution in [0.25, 0.3) is 0 Å². The number of rotatable bonds is 2. The number of carbonyl (C=O) groups is 1. The van der Waals surface area contributed by atoms with Crippen LogP contribution in [0.4, 0.5) is 11.7 Å². The second kappa shape index (κ2) is 4.25. The van der Waals surface area contributed by atoms with Crippen molar-refractivity contribution in [2.75, 3.05) is 11.1 Å². The summed E-state index contributed by atoms with van der Waals surface area (Å²) in [5, 5.41) is 6.05. The molecule has 0 aliphatic carbocycles. The molecule has 1 amide bonds. The Balaban J connectivity index is 2.20. The van der Waals surface area contributed by atoms with Gasteiger partial charge in [0.25, 0.3) is 5.91 Å². The smallest absolute Gasteiger partial charge is 0.328 e. The van der Waals surface area contributed by atoms with Gasteiger partial charge in [-0.2, -0.15) is 4.98 Å². The Morgan fingerprint density at radius 1 is 1.41 bits per heavy atom. The maximum Gasteiger partial charge on any atom is 0.328 e. The zero-order chi connectivity index (χ0) is 12.4. The predicted octanol–water partition coefficient (Wildman–Crippen LogP) is 1.52. The molecule has 0 aliphatic heterocycles. The topological polar surface area (TPSA) is 94.0 Å². The van der Waals surface area contributed by atoms with Crippen LogP contribution in [-0.4, -0.2) is 16.0 Å². The molecule has 6 nitrogen and oxygen atoms in total. The van der Waals surface area contributed by atoms with Gasteiger partial charge < -0.3 is 10.3 Å². The summed E-state index contributed by atoms with van der Waals surface area (Å²) in [4.78, 5) is 15.7. The first kappa shape index (κ1) is 11.1. The third-order valence-corrected chi connectivity index (χ3v) is 2.20. The third kappa shape index (κ3) is 2.41. The molecule has 6 heteroatoms. The molecule has 17 heavy (non-hydrogen) atoms. The van der Waals surface area contributed by atoms with Crippen LogP contribution in [-0.2, 0) is 0 Å². The van der Waals surface area contributed by atoms with Crippen LogP contribution in [0.3, 0.4) is 0 Å². The van der Waals surface area contributed by atoms with Gasteiger partial charge in [0.15, 0.2) is 5.82 Å². The monoisotopic (exact) mass is 232 g/mol. The molecule has 0 bridgehead atoms. The Morgan fingerprint density at radius 2 is 2.18 bits per heavy atom. The third-order valence-electron chi connectivity index (χ3n) is 2.20. The Hall–Kier alpha value is -2.37. The first-order valence-corrected chi connectivity index (χ1v) is 5.04. The van der Waals surface area contributed by atoms with Crippen molar-refractivity contribution in [1.82, 2.24) is 10.1 Å². The summed E-state index contributed by atoms with van der Waals surface area (Å²) in [6, 6.07) is 5.26. The number of nitrogens with zero attached hydrogens (tertiary/aromatic N) is 2. The van der Waals surface area contributed by atoms with E-state index in [1.54, 1.807) is 19.1 Å². The van der Waals surface area contributed by atoms with Crippen molar-refractivity contribution >= 4 is 17.6 Å². The molecule has 1 heterocycles. The van der Waals surface area contributed by atoms with E-state index in [4.69, 9.17) is 10.3 Å². The average molecular weight is 232 g/mol. The van der Waals surface area contributed by atoms with Gasteiger partial charge in [0.1, 0.15) is 0 Å². The molecule has 0 fully saturated rings. The van der Waals surface area contributed by atoms with E-state index in [2.05, 4.69) is 15.5 Å². The van der Waals surface area contributed by atoms with Crippen molar-refractivity contribution in [3.63, 3.8) is 0 Å². The molecule has 0 aliphatic rings. The normalized spacial score (nSPS) is 10.2. The lowest BCUT2D eigenvalue weighted by atomic mass is 10.1. The van der Waals surface area contributed by atoms with Gasteiger partial charge in [0.2, 0.25) is 0 Å². The van der Waals surface area contributed by atoms with Crippen LogP contribution >= 0.6 is 0 Å². The van der Waals surface area contributed by atoms with Crippen molar-refractivity contribution in [1.29, 1.82) is 0 Å². The highest BCUT2D eigenvalue weighted by atomic mass is 16.5. The number of aryl methyl sites for hydroxylation is 2. The molecule has 88 valence electrons. The minimum absolute atomic E-state index is 0.0625. The number of nitrogens with one attached hydrogen (secondary N) is 1. The predicted molar refractivity (Wildman–Crippen MR) is 62.6 cm³/mol. The summed E-state index contributed by atoms with van der Waals surface area (Å²) in [6.45, 7) is 3.57. The number of benzene rings is 1. The van der Waals surface area contributed by atoms with E-state index in [0.717, 1.165) is 5.56 Å². The Morgan fingerprint density at radius 3 is 2.76 bits per heavy atom. The number of amides is 1. The first-order chi connectivity index (χ1) is 8.06. The molecular formula is C11H12N4O2. The van der Waals surface area contributed by atoms with Crippen molar-refractivity contribution < 1.29 is 9.32 Å². The SMILES string of the molecule is Cc1ccc(C(=O)Nc2nc(C)no2)c(N)c1. The van der Waals surface area contributed by atoms with Gasteiger partial charge in [-0.1, -0.05) is 11.2 Å². The number of hydrogen-bond acceptors (Lipinski definition) is 5. The number of carbonyl (C=O) groups excluding carboxylic acids is 1. The van der Waals surface area contributed by atoms with Crippen LogP contribution in [0.5, 0.6) is 0 Å². The lowest BCUT2D eigenvalue weighted by Crippen LogP contribution is -2.14. The molecule has 0 radical (unpaired) electrons. The largest absolute Gasteiger partial charge is 0.398 e. The molecule has 1 aromatic heterocycles. The quantitative estimate of drug-likeness (QED) is 0.765. The van der Waals surface area contributed by atoms with E-state index < -0.39 is 0 Å². The fraction of sp³-hybridized carbons (Fsp3) is 0.182. The molecule has 2 rings (SSSR count). The minimum Gasteiger partial charge on any atom is -0.398 e. The molecule has 2 aromatic rings. The second-order valence-electron chi connectivity index (χ2n) is 3.69. The molecule has 1 aromatic carbocycles. The molecule has 0 saturated carbocycles. The molecule has 0 saturated heterocycles. The first-order valence-electron chi connectivity index (χ1n) is 5.04. The Bertz CT molecular complexity index is 562. The van der Waals surface area contributed by atoms with Crippen molar-refractivity contribution in [3.8, 4) is 0 Å². The fourth-order valence-corrected chi connectivity index (χ4v) is 1.40. The van der Waals surface area contributed by atoms with Gasteiger partial charge in [0, 0.05) is 5.69 Å². The summed E-state index contributed by atoms with van der Waals surface area (Å²) in [7, 11) is 0. The number of nitrogen functional groups attached to an aromatic ring is 1. The average Bonchev–Trinajstić information content (AvgIpc) is 2.63. The van der Waals surface area contributed by atoms with Gasteiger partial charge in [-0.3, -0.25) is 10.1 Å². The lowest BCUT2D eigenvalue weighted by Gasteiger charge is -2.04. The maximum atomic E-state index is 11.8. The highest BCUT2D eigenvalue weighted by Crippen LogP contribution is 2.15. The van der Waals surface area contributed by atoms with Crippen molar-refractivity contribution in [3.05, 3.63) is 35.2 Å². The van der Waals surface area contributed by atoms with E-state index in [9.17, 15) is 4.79 Å². The highest BCUT2D eigenvalue weighted by Gasteiger charge is 2.12. The van der Waals surface area contributed by atoms with Gasteiger partial charge in [-0.05, 0) is 31.5 Å². The van der Waals surface area contributed by atoms with Crippen LogP contribution in [0.15, 0.2) is 22.7 Å².